The monoisotopic (exact) mass is 356 g/mol. The Labute approximate surface area is 153 Å². The molecule has 2 rings (SSSR count). The minimum Gasteiger partial charge on any atom is -0.496 e. The third kappa shape index (κ3) is 5.07. The lowest BCUT2D eigenvalue weighted by Gasteiger charge is -2.17. The highest BCUT2D eigenvalue weighted by molar-refractivity contribution is 5.94. The molecule has 0 radical (unpaired) electrons. The van der Waals surface area contributed by atoms with Gasteiger partial charge in [-0.3, -0.25) is 9.59 Å². The van der Waals surface area contributed by atoms with Crippen molar-refractivity contribution < 1.29 is 19.1 Å². The van der Waals surface area contributed by atoms with E-state index in [1.54, 1.807) is 19.2 Å². The maximum Gasteiger partial charge on any atom is 0.310 e. The molecule has 6 heteroatoms. The zero-order valence-corrected chi connectivity index (χ0v) is 15.0. The van der Waals surface area contributed by atoms with Gasteiger partial charge in [-0.25, -0.2) is 0 Å². The largest absolute Gasteiger partial charge is 0.496 e. The lowest BCUT2D eigenvalue weighted by Crippen LogP contribution is -2.34. The van der Waals surface area contributed by atoms with Crippen molar-refractivity contribution in [3.63, 3.8) is 0 Å². The topological polar surface area (TPSA) is 90.7 Å². The molecule has 26 heavy (non-hydrogen) atoms. The van der Waals surface area contributed by atoms with Gasteiger partial charge in [0.25, 0.3) is 5.91 Å². The molecular formula is C20H24N2O4. The molecule has 0 aliphatic heterocycles. The first-order valence-corrected chi connectivity index (χ1v) is 8.36. The molecule has 1 unspecified atom stereocenters. The normalized spacial score (nSPS) is 11.5. The number of hydrogen-bond donors (Lipinski definition) is 2. The molecule has 0 saturated heterocycles. The Kier molecular flexibility index (Phi) is 7.17. The van der Waals surface area contributed by atoms with Gasteiger partial charge < -0.3 is 20.5 Å². The van der Waals surface area contributed by atoms with Crippen LogP contribution < -0.4 is 15.8 Å². The highest BCUT2D eigenvalue weighted by Crippen LogP contribution is 2.21. The number of carbonyl (C=O) groups is 2. The van der Waals surface area contributed by atoms with Crippen LogP contribution in [0.2, 0.25) is 0 Å². The van der Waals surface area contributed by atoms with Crippen molar-refractivity contribution in [2.75, 3.05) is 20.8 Å². The Bertz CT molecular complexity index is 744. The smallest absolute Gasteiger partial charge is 0.310 e. The van der Waals surface area contributed by atoms with Crippen molar-refractivity contribution >= 4 is 11.9 Å². The first-order valence-electron chi connectivity index (χ1n) is 8.36. The van der Waals surface area contributed by atoms with Crippen molar-refractivity contribution in [3.8, 4) is 5.75 Å². The Morgan fingerprint density at radius 2 is 1.77 bits per heavy atom. The number of para-hydroxylation sites is 1. The van der Waals surface area contributed by atoms with Crippen LogP contribution in [0.3, 0.4) is 0 Å². The van der Waals surface area contributed by atoms with Gasteiger partial charge in [0.05, 0.1) is 20.1 Å². The van der Waals surface area contributed by atoms with Gasteiger partial charge in [-0.2, -0.15) is 0 Å². The molecule has 138 valence electrons. The number of nitrogens with one attached hydrogen (secondary N) is 1. The number of amides is 1. The lowest BCUT2D eigenvalue weighted by atomic mass is 9.98. The third-order valence-corrected chi connectivity index (χ3v) is 4.15. The van der Waals surface area contributed by atoms with Gasteiger partial charge in [0.15, 0.2) is 0 Å². The van der Waals surface area contributed by atoms with Crippen molar-refractivity contribution in [3.05, 3.63) is 65.2 Å². The van der Waals surface area contributed by atoms with Gasteiger partial charge >= 0.3 is 5.97 Å². The summed E-state index contributed by atoms with van der Waals surface area (Å²) in [5.74, 6) is -0.439. The zero-order valence-electron chi connectivity index (χ0n) is 15.0. The molecule has 1 amide bonds. The summed E-state index contributed by atoms with van der Waals surface area (Å²) in [6.45, 7) is 0.591. The highest BCUT2D eigenvalue weighted by atomic mass is 16.5. The standard InChI is InChI=1S/C20H24N2O4/c1-25-18-6-4-3-5-16(18)11-17(20(24)26-2)13-22-19(23)15-9-7-14(12-21)8-10-15/h3-10,17H,11-13,21H2,1-2H3,(H,22,23). The van der Waals surface area contributed by atoms with E-state index in [2.05, 4.69) is 5.32 Å². The van der Waals surface area contributed by atoms with E-state index < -0.39 is 5.92 Å². The number of nitrogens with two attached hydrogens (primary N) is 1. The van der Waals surface area contributed by atoms with Gasteiger partial charge in [-0.1, -0.05) is 30.3 Å². The Morgan fingerprint density at radius 3 is 2.38 bits per heavy atom. The van der Waals surface area contributed by atoms with E-state index in [1.165, 1.54) is 7.11 Å². The van der Waals surface area contributed by atoms with Crippen LogP contribution in [-0.2, 0) is 22.5 Å². The summed E-state index contributed by atoms with van der Waals surface area (Å²) < 4.78 is 10.2. The fourth-order valence-electron chi connectivity index (χ4n) is 2.65. The van der Waals surface area contributed by atoms with Crippen molar-refractivity contribution in [1.29, 1.82) is 0 Å². The van der Waals surface area contributed by atoms with Crippen LogP contribution in [0.15, 0.2) is 48.5 Å². The highest BCUT2D eigenvalue weighted by Gasteiger charge is 2.22. The molecule has 2 aromatic rings. The molecule has 2 aromatic carbocycles. The Hall–Kier alpha value is -2.86. The van der Waals surface area contributed by atoms with Crippen LogP contribution in [0.4, 0.5) is 0 Å². The molecule has 0 aromatic heterocycles. The number of carbonyl (C=O) groups excluding carboxylic acids is 2. The SMILES string of the molecule is COC(=O)C(CNC(=O)c1ccc(CN)cc1)Cc1ccccc1OC. The van der Waals surface area contributed by atoms with Gasteiger partial charge in [-0.15, -0.1) is 0 Å². The quantitative estimate of drug-likeness (QED) is 0.705. The number of esters is 1. The van der Waals surface area contributed by atoms with E-state index >= 15 is 0 Å². The molecule has 0 aliphatic carbocycles. The second-order valence-corrected chi connectivity index (χ2v) is 5.85. The minimum atomic E-state index is -0.511. The molecular weight excluding hydrogens is 332 g/mol. The molecule has 3 N–H and O–H groups in total. The molecule has 6 nitrogen and oxygen atoms in total. The first-order chi connectivity index (χ1) is 12.6. The summed E-state index contributed by atoms with van der Waals surface area (Å²) in [6, 6.07) is 14.5. The molecule has 0 fully saturated rings. The van der Waals surface area contributed by atoms with Crippen LogP contribution in [0.5, 0.6) is 5.75 Å². The van der Waals surface area contributed by atoms with E-state index in [9.17, 15) is 9.59 Å². The minimum absolute atomic E-state index is 0.169. The number of rotatable bonds is 8. The molecule has 0 bridgehead atoms. The number of ether oxygens (including phenoxy) is 2. The van der Waals surface area contributed by atoms with Gasteiger partial charge in [0.2, 0.25) is 0 Å². The van der Waals surface area contributed by atoms with E-state index in [4.69, 9.17) is 15.2 Å². The van der Waals surface area contributed by atoms with Crippen molar-refractivity contribution in [2.24, 2.45) is 11.7 Å². The van der Waals surface area contributed by atoms with Crippen LogP contribution in [0.25, 0.3) is 0 Å². The number of benzene rings is 2. The van der Waals surface area contributed by atoms with Gasteiger partial charge in [0.1, 0.15) is 5.75 Å². The maximum atomic E-state index is 12.3. The molecule has 1 atom stereocenters. The first kappa shape index (κ1) is 19.5. The fourth-order valence-corrected chi connectivity index (χ4v) is 2.65. The fraction of sp³-hybridized carbons (Fsp3) is 0.300. The average Bonchev–Trinajstić information content (AvgIpc) is 2.70. The molecule has 0 aliphatic rings. The Balaban J connectivity index is 2.05. The molecule has 0 saturated carbocycles. The second kappa shape index (κ2) is 9.58. The van der Waals surface area contributed by atoms with Crippen LogP contribution in [0.1, 0.15) is 21.5 Å². The van der Waals surface area contributed by atoms with E-state index in [-0.39, 0.29) is 18.4 Å². The summed E-state index contributed by atoms with van der Waals surface area (Å²) >= 11 is 0. The average molecular weight is 356 g/mol. The maximum absolute atomic E-state index is 12.3. The Morgan fingerprint density at radius 1 is 1.08 bits per heavy atom. The van der Waals surface area contributed by atoms with Crippen LogP contribution in [-0.4, -0.2) is 32.6 Å². The van der Waals surface area contributed by atoms with Crippen LogP contribution in [0, 0.1) is 5.92 Å². The zero-order chi connectivity index (χ0) is 18.9. The third-order valence-electron chi connectivity index (χ3n) is 4.15. The summed E-state index contributed by atoms with van der Waals surface area (Å²) in [4.78, 5) is 24.4. The van der Waals surface area contributed by atoms with Crippen LogP contribution >= 0.6 is 0 Å². The second-order valence-electron chi connectivity index (χ2n) is 5.85. The van der Waals surface area contributed by atoms with Gasteiger partial charge in [0, 0.05) is 18.7 Å². The predicted octanol–water partition coefficient (Wildman–Crippen LogP) is 1.92. The van der Waals surface area contributed by atoms with E-state index in [0.717, 1.165) is 11.1 Å². The van der Waals surface area contributed by atoms with Crippen molar-refractivity contribution in [2.45, 2.75) is 13.0 Å². The molecule has 0 heterocycles. The van der Waals surface area contributed by atoms with Crippen molar-refractivity contribution in [1.82, 2.24) is 5.32 Å². The summed E-state index contributed by atoms with van der Waals surface area (Å²) in [5, 5.41) is 2.80. The summed E-state index contributed by atoms with van der Waals surface area (Å²) in [6.07, 6.45) is 0.406. The number of hydrogen-bond acceptors (Lipinski definition) is 5. The van der Waals surface area contributed by atoms with Gasteiger partial charge in [-0.05, 0) is 35.7 Å². The van der Waals surface area contributed by atoms with E-state index in [1.807, 2.05) is 36.4 Å². The molecule has 0 spiro atoms. The van der Waals surface area contributed by atoms with E-state index in [0.29, 0.717) is 24.3 Å². The summed E-state index contributed by atoms with van der Waals surface area (Å²) in [5.41, 5.74) is 7.91. The lowest BCUT2D eigenvalue weighted by molar-refractivity contribution is -0.145. The number of methoxy groups -OCH3 is 2. The summed E-state index contributed by atoms with van der Waals surface area (Å²) in [7, 11) is 2.92. The predicted molar refractivity (Wildman–Crippen MR) is 98.9 cm³/mol.